The van der Waals surface area contributed by atoms with Gasteiger partial charge in [-0.1, -0.05) is 42.8 Å². The zero-order valence-electron chi connectivity index (χ0n) is 14.3. The molecule has 0 saturated heterocycles. The van der Waals surface area contributed by atoms with E-state index in [0.29, 0.717) is 5.75 Å². The molecule has 0 heterocycles. The van der Waals surface area contributed by atoms with Crippen molar-refractivity contribution >= 4 is 17.7 Å². The number of aryl methyl sites for hydroxylation is 3. The molecule has 0 radical (unpaired) electrons. The number of carbonyl (C=O) groups excluding carboxylic acids is 1. The summed E-state index contributed by atoms with van der Waals surface area (Å²) in [6, 6.07) is 14.8. The van der Waals surface area contributed by atoms with Crippen LogP contribution in [0.25, 0.3) is 0 Å². The molecular weight excluding hydrogens is 302 g/mol. The lowest BCUT2D eigenvalue weighted by molar-refractivity contribution is -0.119. The summed E-state index contributed by atoms with van der Waals surface area (Å²) in [5.41, 5.74) is 4.97. The van der Waals surface area contributed by atoms with Crippen molar-refractivity contribution in [3.05, 3.63) is 64.7 Å². The molecule has 23 heavy (non-hydrogen) atoms. The summed E-state index contributed by atoms with van der Waals surface area (Å²) in [7, 11) is 0. The van der Waals surface area contributed by atoms with E-state index in [0.717, 1.165) is 11.3 Å². The molecule has 0 aromatic heterocycles. The molecule has 0 spiro atoms. The highest BCUT2D eigenvalue weighted by Gasteiger charge is 2.13. The highest BCUT2D eigenvalue weighted by atomic mass is 32.2. The molecular formula is C20H25NOS. The van der Waals surface area contributed by atoms with Crippen molar-refractivity contribution in [3.63, 3.8) is 0 Å². The van der Waals surface area contributed by atoms with Gasteiger partial charge in [0.1, 0.15) is 0 Å². The Morgan fingerprint density at radius 1 is 1.04 bits per heavy atom. The summed E-state index contributed by atoms with van der Waals surface area (Å²) >= 11 is 1.58. The number of amides is 1. The van der Waals surface area contributed by atoms with Crippen LogP contribution in [0, 0.1) is 20.8 Å². The number of benzene rings is 2. The number of rotatable bonds is 6. The first-order valence-electron chi connectivity index (χ1n) is 8.05. The maximum atomic E-state index is 12.2. The molecule has 0 bridgehead atoms. The van der Waals surface area contributed by atoms with Crippen LogP contribution in [0.2, 0.25) is 0 Å². The third-order valence-electron chi connectivity index (χ3n) is 4.07. The minimum absolute atomic E-state index is 0.0837. The Balaban J connectivity index is 1.94. The van der Waals surface area contributed by atoms with Gasteiger partial charge in [-0.25, -0.2) is 0 Å². The molecule has 0 aliphatic heterocycles. The van der Waals surface area contributed by atoms with E-state index in [1.54, 1.807) is 11.8 Å². The molecule has 0 aliphatic carbocycles. The van der Waals surface area contributed by atoms with Crippen LogP contribution >= 0.6 is 11.8 Å². The van der Waals surface area contributed by atoms with Crippen LogP contribution in [0.5, 0.6) is 0 Å². The first-order chi connectivity index (χ1) is 11.0. The number of nitrogens with one attached hydrogen (secondary N) is 1. The van der Waals surface area contributed by atoms with Crippen molar-refractivity contribution in [1.29, 1.82) is 0 Å². The molecule has 0 saturated carbocycles. The summed E-state index contributed by atoms with van der Waals surface area (Å²) in [5, 5.41) is 3.15. The van der Waals surface area contributed by atoms with Crippen molar-refractivity contribution < 1.29 is 4.79 Å². The van der Waals surface area contributed by atoms with Crippen molar-refractivity contribution in [1.82, 2.24) is 5.32 Å². The Morgan fingerprint density at radius 2 is 1.74 bits per heavy atom. The van der Waals surface area contributed by atoms with Gasteiger partial charge in [-0.3, -0.25) is 4.79 Å². The van der Waals surface area contributed by atoms with Crippen LogP contribution in [-0.2, 0) is 4.79 Å². The standard InChI is InChI=1S/C20H25NOS/c1-5-19(17-9-8-15(3)16(4)12-17)21-20(22)13-23-18-10-6-14(2)7-11-18/h6-12,19H,5,13H2,1-4H3,(H,21,22)/t19-/m0/s1. The van der Waals surface area contributed by atoms with Gasteiger partial charge in [-0.2, -0.15) is 0 Å². The predicted octanol–water partition coefficient (Wildman–Crippen LogP) is 4.97. The highest BCUT2D eigenvalue weighted by Crippen LogP contribution is 2.21. The number of thioether (sulfide) groups is 1. The maximum Gasteiger partial charge on any atom is 0.230 e. The van der Waals surface area contributed by atoms with Gasteiger partial charge in [0.05, 0.1) is 11.8 Å². The Hall–Kier alpha value is -1.74. The van der Waals surface area contributed by atoms with E-state index in [9.17, 15) is 4.79 Å². The molecule has 1 N–H and O–H groups in total. The summed E-state index contributed by atoms with van der Waals surface area (Å²) in [4.78, 5) is 13.4. The van der Waals surface area contributed by atoms with E-state index < -0.39 is 0 Å². The second-order valence-corrected chi connectivity index (χ2v) is 7.02. The topological polar surface area (TPSA) is 29.1 Å². The van der Waals surface area contributed by atoms with Crippen molar-refractivity contribution in [2.45, 2.75) is 45.1 Å². The zero-order valence-corrected chi connectivity index (χ0v) is 15.2. The van der Waals surface area contributed by atoms with Crippen LogP contribution in [-0.4, -0.2) is 11.7 Å². The molecule has 2 aromatic rings. The fraction of sp³-hybridized carbons (Fsp3) is 0.350. The molecule has 1 amide bonds. The fourth-order valence-corrected chi connectivity index (χ4v) is 3.13. The largest absolute Gasteiger partial charge is 0.349 e. The van der Waals surface area contributed by atoms with Gasteiger partial charge in [0.2, 0.25) is 5.91 Å². The van der Waals surface area contributed by atoms with Crippen LogP contribution in [0.4, 0.5) is 0 Å². The van der Waals surface area contributed by atoms with E-state index in [2.05, 4.69) is 75.5 Å². The minimum Gasteiger partial charge on any atom is -0.349 e. The lowest BCUT2D eigenvalue weighted by Gasteiger charge is -2.18. The van der Waals surface area contributed by atoms with Gasteiger partial charge in [-0.15, -0.1) is 11.8 Å². The number of hydrogen-bond donors (Lipinski definition) is 1. The first-order valence-corrected chi connectivity index (χ1v) is 9.04. The number of hydrogen-bond acceptors (Lipinski definition) is 2. The van der Waals surface area contributed by atoms with Crippen LogP contribution < -0.4 is 5.32 Å². The monoisotopic (exact) mass is 327 g/mol. The summed E-state index contributed by atoms with van der Waals surface area (Å²) in [6.45, 7) is 8.39. The van der Waals surface area contributed by atoms with E-state index in [-0.39, 0.29) is 11.9 Å². The first kappa shape index (κ1) is 17.6. The second-order valence-electron chi connectivity index (χ2n) is 5.97. The SMILES string of the molecule is CC[C@H](NC(=O)CSc1ccc(C)cc1)c1ccc(C)c(C)c1. The van der Waals surface area contributed by atoms with E-state index in [4.69, 9.17) is 0 Å². The average Bonchev–Trinajstić information content (AvgIpc) is 2.55. The van der Waals surface area contributed by atoms with Gasteiger partial charge in [-0.05, 0) is 56.0 Å². The molecule has 0 unspecified atom stereocenters. The smallest absolute Gasteiger partial charge is 0.230 e. The quantitative estimate of drug-likeness (QED) is 0.759. The molecule has 2 aromatic carbocycles. The predicted molar refractivity (Wildman–Crippen MR) is 99.0 cm³/mol. The maximum absolute atomic E-state index is 12.2. The fourth-order valence-electron chi connectivity index (χ4n) is 2.42. The summed E-state index contributed by atoms with van der Waals surface area (Å²) in [5.74, 6) is 0.533. The van der Waals surface area contributed by atoms with Crippen molar-refractivity contribution in [2.24, 2.45) is 0 Å². The highest BCUT2D eigenvalue weighted by molar-refractivity contribution is 8.00. The van der Waals surface area contributed by atoms with Crippen LogP contribution in [0.1, 0.15) is 41.6 Å². The Morgan fingerprint density at radius 3 is 2.35 bits per heavy atom. The molecule has 1 atom stereocenters. The third-order valence-corrected chi connectivity index (χ3v) is 5.08. The number of carbonyl (C=O) groups is 1. The zero-order chi connectivity index (χ0) is 16.8. The molecule has 2 rings (SSSR count). The molecule has 2 nitrogen and oxygen atoms in total. The van der Waals surface area contributed by atoms with E-state index in [1.165, 1.54) is 22.3 Å². The molecule has 0 fully saturated rings. The summed E-state index contributed by atoms with van der Waals surface area (Å²) in [6.07, 6.45) is 0.892. The van der Waals surface area contributed by atoms with Gasteiger partial charge < -0.3 is 5.32 Å². The second kappa shape index (κ2) is 8.21. The van der Waals surface area contributed by atoms with Crippen molar-refractivity contribution in [3.8, 4) is 0 Å². The summed E-state index contributed by atoms with van der Waals surface area (Å²) < 4.78 is 0. The minimum atomic E-state index is 0.0837. The normalized spacial score (nSPS) is 12.0. The molecule has 3 heteroatoms. The molecule has 122 valence electrons. The van der Waals surface area contributed by atoms with Gasteiger partial charge >= 0.3 is 0 Å². The van der Waals surface area contributed by atoms with E-state index in [1.807, 2.05) is 0 Å². The van der Waals surface area contributed by atoms with Crippen LogP contribution in [0.15, 0.2) is 47.4 Å². The Bertz CT molecular complexity index is 664. The third kappa shape index (κ3) is 5.14. The van der Waals surface area contributed by atoms with Gasteiger partial charge in [0.15, 0.2) is 0 Å². The Labute approximate surface area is 143 Å². The lowest BCUT2D eigenvalue weighted by atomic mass is 9.99. The van der Waals surface area contributed by atoms with E-state index >= 15 is 0 Å². The molecule has 0 aliphatic rings. The average molecular weight is 327 g/mol. The van der Waals surface area contributed by atoms with Crippen molar-refractivity contribution in [2.75, 3.05) is 5.75 Å². The lowest BCUT2D eigenvalue weighted by Crippen LogP contribution is -2.29. The Kier molecular flexibility index (Phi) is 6.28. The van der Waals surface area contributed by atoms with Gasteiger partial charge in [0, 0.05) is 4.90 Å². The van der Waals surface area contributed by atoms with Crippen LogP contribution in [0.3, 0.4) is 0 Å². The van der Waals surface area contributed by atoms with Gasteiger partial charge in [0.25, 0.3) is 0 Å².